The molecule has 0 saturated carbocycles. The molecule has 2 aromatic rings. The summed E-state index contributed by atoms with van der Waals surface area (Å²) >= 11 is 0. The maximum Gasteiger partial charge on any atom is 0.255 e. The molecule has 1 atom stereocenters. The molecule has 0 spiro atoms. The number of benzene rings is 1. The lowest BCUT2D eigenvalue weighted by Gasteiger charge is -2.23. The molecule has 1 fully saturated rings. The van der Waals surface area contributed by atoms with Gasteiger partial charge in [-0.15, -0.1) is 12.4 Å². The van der Waals surface area contributed by atoms with Crippen LogP contribution in [0.15, 0.2) is 30.3 Å². The first-order valence-electron chi connectivity index (χ1n) is 7.92. The lowest BCUT2D eigenvalue weighted by molar-refractivity contribution is 0.0743. The first-order chi connectivity index (χ1) is 11.0. The predicted molar refractivity (Wildman–Crippen MR) is 95.8 cm³/mol. The van der Waals surface area contributed by atoms with Gasteiger partial charge in [-0.2, -0.15) is 0 Å². The average Bonchev–Trinajstić information content (AvgIpc) is 3.16. The van der Waals surface area contributed by atoms with E-state index < -0.39 is 0 Å². The molecule has 1 aromatic heterocycles. The van der Waals surface area contributed by atoms with Gasteiger partial charge in [0.1, 0.15) is 5.82 Å². The van der Waals surface area contributed by atoms with Crippen LogP contribution in [0.1, 0.15) is 28.2 Å². The molecule has 2 heterocycles. The van der Waals surface area contributed by atoms with Gasteiger partial charge in [-0.1, -0.05) is 0 Å². The molecule has 4 nitrogen and oxygen atoms in total. The molecule has 0 aliphatic carbocycles. The van der Waals surface area contributed by atoms with Crippen LogP contribution < -0.4 is 5.32 Å². The highest BCUT2D eigenvalue weighted by atomic mass is 35.5. The lowest BCUT2D eigenvalue weighted by atomic mass is 10.1. The van der Waals surface area contributed by atoms with Crippen molar-refractivity contribution in [1.29, 1.82) is 0 Å². The van der Waals surface area contributed by atoms with Crippen molar-refractivity contribution >= 4 is 18.3 Å². The molecule has 0 radical (unpaired) electrons. The van der Waals surface area contributed by atoms with Crippen LogP contribution in [-0.2, 0) is 0 Å². The summed E-state index contributed by atoms with van der Waals surface area (Å²) in [6, 6.07) is 8.50. The van der Waals surface area contributed by atoms with Crippen LogP contribution in [-0.4, -0.2) is 41.6 Å². The lowest BCUT2D eigenvalue weighted by Crippen LogP contribution is -2.38. The van der Waals surface area contributed by atoms with Gasteiger partial charge in [0.2, 0.25) is 0 Å². The van der Waals surface area contributed by atoms with E-state index in [0.29, 0.717) is 5.56 Å². The van der Waals surface area contributed by atoms with E-state index in [-0.39, 0.29) is 30.2 Å². The Hall–Kier alpha value is -1.85. The average molecular weight is 352 g/mol. The summed E-state index contributed by atoms with van der Waals surface area (Å²) < 4.78 is 15.1. The minimum atomic E-state index is -0.263. The van der Waals surface area contributed by atoms with E-state index in [9.17, 15) is 9.18 Å². The summed E-state index contributed by atoms with van der Waals surface area (Å²) in [4.78, 5) is 14.7. The molecule has 1 saturated heterocycles. The zero-order valence-corrected chi connectivity index (χ0v) is 15.0. The summed E-state index contributed by atoms with van der Waals surface area (Å²) in [6.45, 7) is 5.70. The third-order valence-corrected chi connectivity index (χ3v) is 4.65. The van der Waals surface area contributed by atoms with E-state index in [1.807, 2.05) is 36.4 Å². The molecule has 130 valence electrons. The van der Waals surface area contributed by atoms with Crippen LogP contribution >= 0.6 is 12.4 Å². The predicted octanol–water partition coefficient (Wildman–Crippen LogP) is 3.09. The summed E-state index contributed by atoms with van der Waals surface area (Å²) in [5, 5.41) is 3.29. The number of hydrogen-bond acceptors (Lipinski definition) is 2. The topological polar surface area (TPSA) is 37.3 Å². The molecule has 1 unspecified atom stereocenters. The van der Waals surface area contributed by atoms with Gasteiger partial charge in [-0.05, 0) is 57.1 Å². The highest BCUT2D eigenvalue weighted by Crippen LogP contribution is 2.23. The van der Waals surface area contributed by atoms with Gasteiger partial charge in [0.05, 0.1) is 5.56 Å². The number of nitrogens with one attached hydrogen (secondary N) is 1. The van der Waals surface area contributed by atoms with Crippen molar-refractivity contribution in [3.63, 3.8) is 0 Å². The number of nitrogens with zero attached hydrogens (tertiary/aromatic N) is 2. The smallest absolute Gasteiger partial charge is 0.255 e. The number of aryl methyl sites for hydroxylation is 1. The van der Waals surface area contributed by atoms with Gasteiger partial charge in [0.25, 0.3) is 5.91 Å². The molecule has 1 N–H and O–H groups in total. The van der Waals surface area contributed by atoms with Crippen molar-refractivity contribution in [1.82, 2.24) is 14.8 Å². The van der Waals surface area contributed by atoms with E-state index >= 15 is 0 Å². The fraction of sp³-hybridized carbons (Fsp3) is 0.389. The van der Waals surface area contributed by atoms with Crippen LogP contribution in [0.4, 0.5) is 4.39 Å². The molecular weight excluding hydrogens is 329 g/mol. The molecule has 1 aliphatic heterocycles. The van der Waals surface area contributed by atoms with Crippen molar-refractivity contribution < 1.29 is 9.18 Å². The normalized spacial score (nSPS) is 16.8. The number of halogens is 2. The minimum absolute atomic E-state index is 0. The zero-order valence-electron chi connectivity index (χ0n) is 14.2. The van der Waals surface area contributed by atoms with Crippen molar-refractivity contribution in [2.45, 2.75) is 26.3 Å². The van der Waals surface area contributed by atoms with Crippen LogP contribution in [0.5, 0.6) is 0 Å². The highest BCUT2D eigenvalue weighted by molar-refractivity contribution is 5.96. The number of amides is 1. The fourth-order valence-electron chi connectivity index (χ4n) is 3.29. The Balaban J connectivity index is 0.00000208. The molecule has 1 amide bonds. The maximum atomic E-state index is 13.1. The first-order valence-corrected chi connectivity index (χ1v) is 7.92. The van der Waals surface area contributed by atoms with E-state index in [4.69, 9.17) is 0 Å². The number of carbonyl (C=O) groups excluding carboxylic acids is 1. The Morgan fingerprint density at radius 3 is 2.54 bits per heavy atom. The summed E-state index contributed by atoms with van der Waals surface area (Å²) in [5.74, 6) is -0.221. The van der Waals surface area contributed by atoms with Crippen LogP contribution in [0.3, 0.4) is 0 Å². The monoisotopic (exact) mass is 351 g/mol. The van der Waals surface area contributed by atoms with Gasteiger partial charge in [0, 0.05) is 36.7 Å². The molecule has 3 rings (SSSR count). The Morgan fingerprint density at radius 2 is 1.96 bits per heavy atom. The van der Waals surface area contributed by atoms with Gasteiger partial charge in [-0.3, -0.25) is 4.79 Å². The molecule has 1 aromatic carbocycles. The second-order valence-electron chi connectivity index (χ2n) is 6.16. The maximum absolute atomic E-state index is 13.1. The third kappa shape index (κ3) is 3.32. The molecule has 0 bridgehead atoms. The number of rotatable bonds is 3. The number of likely N-dealkylation sites (N-methyl/N-ethyl adjacent to an activating group) is 1. The Morgan fingerprint density at radius 1 is 1.29 bits per heavy atom. The van der Waals surface area contributed by atoms with Gasteiger partial charge < -0.3 is 14.8 Å². The van der Waals surface area contributed by atoms with E-state index in [2.05, 4.69) is 5.32 Å². The summed E-state index contributed by atoms with van der Waals surface area (Å²) in [5.41, 5.74) is 3.43. The number of aromatic nitrogens is 1. The molecule has 6 heteroatoms. The van der Waals surface area contributed by atoms with Gasteiger partial charge in [0.15, 0.2) is 0 Å². The number of carbonyl (C=O) groups is 1. The fourth-order valence-corrected chi connectivity index (χ4v) is 3.29. The van der Waals surface area contributed by atoms with Crippen molar-refractivity contribution in [3.05, 3.63) is 53.1 Å². The second-order valence-corrected chi connectivity index (χ2v) is 6.16. The zero-order chi connectivity index (χ0) is 16.6. The van der Waals surface area contributed by atoms with Crippen LogP contribution in [0.25, 0.3) is 5.69 Å². The van der Waals surface area contributed by atoms with E-state index in [1.165, 1.54) is 12.1 Å². The Kier molecular flexibility index (Phi) is 5.67. The molecule has 1 aliphatic rings. The van der Waals surface area contributed by atoms with Crippen molar-refractivity contribution in [2.75, 3.05) is 20.1 Å². The van der Waals surface area contributed by atoms with Gasteiger partial charge >= 0.3 is 0 Å². The summed E-state index contributed by atoms with van der Waals surface area (Å²) in [6.07, 6.45) is 0.985. The van der Waals surface area contributed by atoms with Gasteiger partial charge in [-0.25, -0.2) is 4.39 Å². The van der Waals surface area contributed by atoms with Crippen molar-refractivity contribution in [3.8, 4) is 5.69 Å². The molecular formula is C18H23ClFN3O. The van der Waals surface area contributed by atoms with E-state index in [1.54, 1.807) is 12.1 Å². The van der Waals surface area contributed by atoms with Crippen molar-refractivity contribution in [2.24, 2.45) is 0 Å². The Labute approximate surface area is 148 Å². The SMILES string of the molecule is Cc1cc(C(=O)N(C)C2CCNC2)c(C)n1-c1ccc(F)cc1.Cl. The standard InChI is InChI=1S/C18H22FN3O.ClH/c1-12-10-17(18(23)21(3)16-8-9-20-11-16)13(2)22(12)15-6-4-14(19)5-7-15;/h4-7,10,16,20H,8-9,11H2,1-3H3;1H. The largest absolute Gasteiger partial charge is 0.337 e. The number of hydrogen-bond donors (Lipinski definition) is 1. The summed E-state index contributed by atoms with van der Waals surface area (Å²) in [7, 11) is 1.87. The van der Waals surface area contributed by atoms with E-state index in [0.717, 1.165) is 36.6 Å². The second kappa shape index (κ2) is 7.36. The van der Waals surface area contributed by atoms with Crippen LogP contribution in [0.2, 0.25) is 0 Å². The minimum Gasteiger partial charge on any atom is -0.337 e. The van der Waals surface area contributed by atoms with Crippen LogP contribution in [0, 0.1) is 19.7 Å². The Bertz CT molecular complexity index is 721. The molecule has 24 heavy (non-hydrogen) atoms. The third-order valence-electron chi connectivity index (χ3n) is 4.65. The first kappa shape index (κ1) is 18.5. The highest BCUT2D eigenvalue weighted by Gasteiger charge is 2.26. The quantitative estimate of drug-likeness (QED) is 0.922.